The van der Waals surface area contributed by atoms with Crippen LogP contribution in [0.2, 0.25) is 0 Å². The van der Waals surface area contributed by atoms with E-state index in [-0.39, 0.29) is 18.7 Å². The van der Waals surface area contributed by atoms with Crippen LogP contribution in [0, 0.1) is 0 Å². The molecule has 1 atom stereocenters. The first-order chi connectivity index (χ1) is 14.0. The van der Waals surface area contributed by atoms with E-state index in [2.05, 4.69) is 0 Å². The molecule has 0 fully saturated rings. The highest BCUT2D eigenvalue weighted by Gasteiger charge is 2.40. The number of esters is 1. The average Bonchev–Trinajstić information content (AvgIpc) is 3.15. The van der Waals surface area contributed by atoms with Gasteiger partial charge in [0.2, 0.25) is 12.7 Å². The predicted octanol–water partition coefficient (Wildman–Crippen LogP) is 3.02. The Morgan fingerprint density at radius 2 is 1.93 bits per heavy atom. The molecule has 2 heterocycles. The van der Waals surface area contributed by atoms with Crippen LogP contribution in [0.15, 0.2) is 18.2 Å². The SMILES string of the molecule is COc1cc2c(cc1OC(C)=O)C[C@H]1c3c(cc4c(c3-2)OCO4)CCN1C(C)=O. The quantitative estimate of drug-likeness (QED) is 0.575. The minimum absolute atomic E-state index is 0.0430. The standard InChI is InChI=1S/C22H21NO6/c1-11(24)23-5-4-13-7-19-22(28-10-27-19)21-15-9-17(26-3)18(29-12(2)25)8-14(15)6-16(23)20(13)21/h7-9,16H,4-6,10H2,1-3H3/t16-/m0/s1. The smallest absolute Gasteiger partial charge is 0.308 e. The van der Waals surface area contributed by atoms with Gasteiger partial charge in [0.05, 0.1) is 13.2 Å². The molecule has 2 aromatic carbocycles. The van der Waals surface area contributed by atoms with Crippen LogP contribution in [0.3, 0.4) is 0 Å². The number of carbonyl (C=O) groups excluding carboxylic acids is 2. The van der Waals surface area contributed by atoms with Crippen molar-refractivity contribution in [2.24, 2.45) is 0 Å². The van der Waals surface area contributed by atoms with Gasteiger partial charge in [-0.05, 0) is 53.3 Å². The van der Waals surface area contributed by atoms with Crippen LogP contribution in [-0.4, -0.2) is 37.2 Å². The lowest BCUT2D eigenvalue weighted by Gasteiger charge is -2.41. The van der Waals surface area contributed by atoms with E-state index in [0.29, 0.717) is 30.2 Å². The van der Waals surface area contributed by atoms with Crippen LogP contribution in [0.5, 0.6) is 23.0 Å². The second kappa shape index (κ2) is 6.40. The Morgan fingerprint density at radius 3 is 2.66 bits per heavy atom. The van der Waals surface area contributed by atoms with Crippen molar-refractivity contribution in [1.29, 1.82) is 0 Å². The summed E-state index contributed by atoms with van der Waals surface area (Å²) in [6, 6.07) is 5.67. The van der Waals surface area contributed by atoms with Gasteiger partial charge in [-0.15, -0.1) is 0 Å². The number of fused-ring (bicyclic) bond motifs is 4. The van der Waals surface area contributed by atoms with Gasteiger partial charge in [0.15, 0.2) is 23.0 Å². The molecule has 1 aliphatic carbocycles. The normalized spacial score (nSPS) is 18.0. The van der Waals surface area contributed by atoms with Crippen molar-refractivity contribution in [3.8, 4) is 34.1 Å². The van der Waals surface area contributed by atoms with E-state index < -0.39 is 5.97 Å². The number of amides is 1. The molecule has 0 spiro atoms. The summed E-state index contributed by atoms with van der Waals surface area (Å²) in [7, 11) is 1.54. The number of hydrogen-bond donors (Lipinski definition) is 0. The number of hydrogen-bond acceptors (Lipinski definition) is 6. The van der Waals surface area contributed by atoms with Gasteiger partial charge in [-0.1, -0.05) is 0 Å². The third-order valence-electron chi connectivity index (χ3n) is 5.85. The van der Waals surface area contributed by atoms with E-state index in [1.165, 1.54) is 12.5 Å². The Balaban J connectivity index is 1.78. The number of ether oxygens (including phenoxy) is 4. The van der Waals surface area contributed by atoms with E-state index in [1.54, 1.807) is 14.0 Å². The lowest BCUT2D eigenvalue weighted by molar-refractivity contribution is -0.132. The third-order valence-corrected chi connectivity index (χ3v) is 5.85. The molecule has 0 saturated heterocycles. The predicted molar refractivity (Wildman–Crippen MR) is 103 cm³/mol. The lowest BCUT2D eigenvalue weighted by Crippen LogP contribution is -2.41. The van der Waals surface area contributed by atoms with E-state index >= 15 is 0 Å². The third kappa shape index (κ3) is 2.64. The molecule has 2 aromatic rings. The molecule has 0 unspecified atom stereocenters. The molecule has 0 saturated carbocycles. The Labute approximate surface area is 168 Å². The summed E-state index contributed by atoms with van der Waals surface area (Å²) >= 11 is 0. The van der Waals surface area contributed by atoms with Gasteiger partial charge < -0.3 is 23.8 Å². The first-order valence-electron chi connectivity index (χ1n) is 9.60. The Kier molecular flexibility index (Phi) is 3.94. The second-order valence-corrected chi connectivity index (χ2v) is 7.49. The van der Waals surface area contributed by atoms with Crippen LogP contribution >= 0.6 is 0 Å². The highest BCUT2D eigenvalue weighted by molar-refractivity contribution is 5.87. The summed E-state index contributed by atoms with van der Waals surface area (Å²) in [6.45, 7) is 3.79. The Morgan fingerprint density at radius 1 is 1.10 bits per heavy atom. The maximum Gasteiger partial charge on any atom is 0.308 e. The van der Waals surface area contributed by atoms with E-state index in [9.17, 15) is 9.59 Å². The summed E-state index contributed by atoms with van der Waals surface area (Å²) in [4.78, 5) is 25.8. The molecule has 150 valence electrons. The number of carbonyl (C=O) groups is 2. The van der Waals surface area contributed by atoms with Crippen LogP contribution in [-0.2, 0) is 22.4 Å². The molecule has 7 nitrogen and oxygen atoms in total. The van der Waals surface area contributed by atoms with Crippen molar-refractivity contribution in [3.05, 3.63) is 34.9 Å². The van der Waals surface area contributed by atoms with Gasteiger partial charge in [0.1, 0.15) is 0 Å². The fourth-order valence-electron chi connectivity index (χ4n) is 4.71. The first-order valence-corrected chi connectivity index (χ1v) is 9.60. The fourth-order valence-corrected chi connectivity index (χ4v) is 4.71. The van der Waals surface area contributed by atoms with Crippen molar-refractivity contribution < 1.29 is 28.5 Å². The topological polar surface area (TPSA) is 74.3 Å². The van der Waals surface area contributed by atoms with E-state index in [1.807, 2.05) is 23.1 Å². The van der Waals surface area contributed by atoms with E-state index in [0.717, 1.165) is 34.4 Å². The van der Waals surface area contributed by atoms with E-state index in [4.69, 9.17) is 18.9 Å². The van der Waals surface area contributed by atoms with Crippen molar-refractivity contribution in [2.45, 2.75) is 32.7 Å². The van der Waals surface area contributed by atoms with Gasteiger partial charge in [0, 0.05) is 26.0 Å². The highest BCUT2D eigenvalue weighted by Crippen LogP contribution is 2.55. The van der Waals surface area contributed by atoms with Crippen molar-refractivity contribution >= 4 is 11.9 Å². The van der Waals surface area contributed by atoms with Crippen molar-refractivity contribution in [3.63, 3.8) is 0 Å². The molecular formula is C22H21NO6. The van der Waals surface area contributed by atoms with Gasteiger partial charge in [-0.25, -0.2) is 0 Å². The molecule has 0 N–H and O–H groups in total. The zero-order chi connectivity index (χ0) is 20.3. The number of methoxy groups -OCH3 is 1. The van der Waals surface area contributed by atoms with Gasteiger partial charge in [0.25, 0.3) is 0 Å². The Bertz CT molecular complexity index is 1060. The monoisotopic (exact) mass is 395 g/mol. The lowest BCUT2D eigenvalue weighted by atomic mass is 9.76. The number of nitrogens with zero attached hydrogens (tertiary/aromatic N) is 1. The largest absolute Gasteiger partial charge is 0.493 e. The highest BCUT2D eigenvalue weighted by atomic mass is 16.7. The summed E-state index contributed by atoms with van der Waals surface area (Å²) < 4.78 is 22.4. The van der Waals surface area contributed by atoms with Gasteiger partial charge in [-0.2, -0.15) is 0 Å². The maximum atomic E-state index is 12.4. The number of rotatable bonds is 2. The van der Waals surface area contributed by atoms with Crippen molar-refractivity contribution in [1.82, 2.24) is 4.90 Å². The molecule has 0 bridgehead atoms. The summed E-state index contributed by atoms with van der Waals surface area (Å²) in [5.74, 6) is 1.90. The molecule has 0 aromatic heterocycles. The summed E-state index contributed by atoms with van der Waals surface area (Å²) in [5, 5.41) is 0. The molecule has 3 aliphatic rings. The molecule has 7 heteroatoms. The Hall–Kier alpha value is -3.22. The van der Waals surface area contributed by atoms with Gasteiger partial charge >= 0.3 is 5.97 Å². The van der Waals surface area contributed by atoms with Crippen LogP contribution in [0.4, 0.5) is 0 Å². The fraction of sp³-hybridized carbons (Fsp3) is 0.364. The molecule has 1 amide bonds. The van der Waals surface area contributed by atoms with Crippen molar-refractivity contribution in [2.75, 3.05) is 20.4 Å². The molecule has 2 aliphatic heterocycles. The zero-order valence-electron chi connectivity index (χ0n) is 16.5. The molecule has 5 rings (SSSR count). The molecule has 0 radical (unpaired) electrons. The summed E-state index contributed by atoms with van der Waals surface area (Å²) in [6.07, 6.45) is 1.40. The first kappa shape index (κ1) is 17.8. The zero-order valence-corrected chi connectivity index (χ0v) is 16.5. The van der Waals surface area contributed by atoms with Crippen LogP contribution < -0.4 is 18.9 Å². The summed E-state index contributed by atoms with van der Waals surface area (Å²) in [5.41, 5.74) is 5.17. The van der Waals surface area contributed by atoms with Crippen LogP contribution in [0.1, 0.15) is 36.6 Å². The number of benzene rings is 2. The minimum atomic E-state index is -0.414. The minimum Gasteiger partial charge on any atom is -0.493 e. The molecule has 29 heavy (non-hydrogen) atoms. The maximum absolute atomic E-state index is 12.4. The van der Waals surface area contributed by atoms with Crippen LogP contribution in [0.25, 0.3) is 11.1 Å². The molecular weight excluding hydrogens is 374 g/mol. The average molecular weight is 395 g/mol. The van der Waals surface area contributed by atoms with Gasteiger partial charge in [-0.3, -0.25) is 9.59 Å². The second-order valence-electron chi connectivity index (χ2n) is 7.49.